The second-order valence-electron chi connectivity index (χ2n) is 4.10. The van der Waals surface area contributed by atoms with E-state index < -0.39 is 16.7 Å². The second kappa shape index (κ2) is 5.67. The van der Waals surface area contributed by atoms with Crippen molar-refractivity contribution in [2.45, 2.75) is 6.18 Å². The molecule has 0 fully saturated rings. The Morgan fingerprint density at radius 1 is 0.952 bits per heavy atom. The van der Waals surface area contributed by atoms with Crippen molar-refractivity contribution in [2.24, 2.45) is 0 Å². The molecule has 0 saturated heterocycles. The lowest BCUT2D eigenvalue weighted by molar-refractivity contribution is -0.385. The Labute approximate surface area is 118 Å². The van der Waals surface area contributed by atoms with Crippen LogP contribution in [-0.2, 0) is 6.18 Å². The van der Waals surface area contributed by atoms with Gasteiger partial charge in [0.2, 0.25) is 0 Å². The minimum absolute atomic E-state index is 0.142. The van der Waals surface area contributed by atoms with Gasteiger partial charge in [-0.1, -0.05) is 24.0 Å². The van der Waals surface area contributed by atoms with Crippen LogP contribution in [0.1, 0.15) is 16.7 Å². The van der Waals surface area contributed by atoms with E-state index in [1.54, 1.807) is 6.07 Å². The summed E-state index contributed by atoms with van der Waals surface area (Å²) in [6.45, 7) is 0. The molecule has 0 aliphatic carbocycles. The third-order valence-electron chi connectivity index (χ3n) is 2.65. The number of alkyl halides is 3. The molecule has 0 heterocycles. The first-order chi connectivity index (χ1) is 9.88. The van der Waals surface area contributed by atoms with Crippen molar-refractivity contribution in [3.05, 3.63) is 75.3 Å². The third kappa shape index (κ3) is 3.60. The maximum atomic E-state index is 12.4. The van der Waals surface area contributed by atoms with Gasteiger partial charge in [0.15, 0.2) is 0 Å². The first-order valence-corrected chi connectivity index (χ1v) is 5.80. The van der Waals surface area contributed by atoms with Gasteiger partial charge in [-0.3, -0.25) is 10.1 Å². The molecule has 21 heavy (non-hydrogen) atoms. The highest BCUT2D eigenvalue weighted by Crippen LogP contribution is 2.29. The first kappa shape index (κ1) is 14.6. The smallest absolute Gasteiger partial charge is 0.258 e. The molecule has 0 aromatic heterocycles. The number of rotatable bonds is 1. The van der Waals surface area contributed by atoms with Crippen molar-refractivity contribution in [1.29, 1.82) is 0 Å². The number of nitrogens with zero attached hydrogens (tertiary/aromatic N) is 1. The minimum atomic E-state index is -4.40. The van der Waals surface area contributed by atoms with Crippen molar-refractivity contribution in [2.75, 3.05) is 0 Å². The zero-order valence-electron chi connectivity index (χ0n) is 10.5. The summed E-state index contributed by atoms with van der Waals surface area (Å²) in [5.41, 5.74) is -0.348. The van der Waals surface area contributed by atoms with Crippen LogP contribution in [0.15, 0.2) is 48.5 Å². The Balaban J connectivity index is 2.30. The summed E-state index contributed by atoms with van der Waals surface area (Å²) in [4.78, 5) is 10.2. The van der Waals surface area contributed by atoms with E-state index in [1.807, 2.05) is 0 Å². The standard InChI is InChI=1S/C15H8F3NO2/c16-15(17,18)13-9-6-11(7-10-13)5-8-12-3-1-2-4-14(12)19(20)21/h1-4,6-7,9-10H. The molecule has 3 nitrogen and oxygen atoms in total. The largest absolute Gasteiger partial charge is 0.416 e. The van der Waals surface area contributed by atoms with E-state index in [1.165, 1.54) is 30.3 Å². The molecule has 0 unspecified atom stereocenters. The van der Waals surface area contributed by atoms with Crippen LogP contribution in [-0.4, -0.2) is 4.92 Å². The molecule has 0 bridgehead atoms. The molecule has 0 atom stereocenters. The van der Waals surface area contributed by atoms with Crippen LogP contribution in [0.2, 0.25) is 0 Å². The number of halogens is 3. The van der Waals surface area contributed by atoms with Gasteiger partial charge >= 0.3 is 6.18 Å². The fourth-order valence-corrected chi connectivity index (χ4v) is 1.62. The zero-order chi connectivity index (χ0) is 15.5. The predicted octanol–water partition coefficient (Wildman–Crippen LogP) is 4.01. The molecular formula is C15H8F3NO2. The molecule has 0 spiro atoms. The van der Waals surface area contributed by atoms with Gasteiger partial charge in [-0.2, -0.15) is 13.2 Å². The number of nitro groups is 1. The molecule has 0 saturated carbocycles. The highest BCUT2D eigenvalue weighted by molar-refractivity contribution is 5.53. The summed E-state index contributed by atoms with van der Waals surface area (Å²) in [5.74, 6) is 5.21. The van der Waals surface area contributed by atoms with Gasteiger partial charge in [0.05, 0.1) is 10.5 Å². The Bertz CT molecular complexity index is 725. The summed E-state index contributed by atoms with van der Waals surface area (Å²) < 4.78 is 37.2. The maximum Gasteiger partial charge on any atom is 0.416 e. The lowest BCUT2D eigenvalue weighted by atomic mass is 10.1. The quantitative estimate of drug-likeness (QED) is 0.452. The van der Waals surface area contributed by atoms with Gasteiger partial charge in [0.25, 0.3) is 5.69 Å². The van der Waals surface area contributed by atoms with E-state index in [-0.39, 0.29) is 11.3 Å². The number of nitro benzene ring substituents is 1. The zero-order valence-corrected chi connectivity index (χ0v) is 10.5. The normalized spacial score (nSPS) is 10.6. The number of benzene rings is 2. The van der Waals surface area contributed by atoms with Crippen molar-refractivity contribution in [3.8, 4) is 11.8 Å². The van der Waals surface area contributed by atoms with E-state index in [4.69, 9.17) is 0 Å². The molecule has 106 valence electrons. The van der Waals surface area contributed by atoms with Crippen LogP contribution in [0.4, 0.5) is 18.9 Å². The second-order valence-corrected chi connectivity index (χ2v) is 4.10. The summed E-state index contributed by atoms with van der Waals surface area (Å²) in [6, 6.07) is 10.2. The fraction of sp³-hybridized carbons (Fsp3) is 0.0667. The number of hydrogen-bond acceptors (Lipinski definition) is 2. The molecule has 2 aromatic carbocycles. The van der Waals surface area contributed by atoms with E-state index in [0.717, 1.165) is 12.1 Å². The number of hydrogen-bond donors (Lipinski definition) is 0. The van der Waals surface area contributed by atoms with Crippen molar-refractivity contribution in [1.82, 2.24) is 0 Å². The van der Waals surface area contributed by atoms with Crippen molar-refractivity contribution >= 4 is 5.69 Å². The van der Waals surface area contributed by atoms with Crippen LogP contribution in [0.5, 0.6) is 0 Å². The summed E-state index contributed by atoms with van der Waals surface area (Å²) >= 11 is 0. The molecule has 2 aromatic rings. The lowest BCUT2D eigenvalue weighted by Crippen LogP contribution is -2.04. The van der Waals surface area contributed by atoms with Gasteiger partial charge in [0.1, 0.15) is 5.56 Å². The summed E-state index contributed by atoms with van der Waals surface area (Å²) in [6.07, 6.45) is -4.40. The summed E-state index contributed by atoms with van der Waals surface area (Å²) in [7, 11) is 0. The lowest BCUT2D eigenvalue weighted by Gasteiger charge is -2.05. The van der Waals surface area contributed by atoms with Crippen LogP contribution in [0.3, 0.4) is 0 Å². The molecule has 2 rings (SSSR count). The molecule has 0 N–H and O–H groups in total. The number of para-hydroxylation sites is 1. The Morgan fingerprint density at radius 3 is 2.14 bits per heavy atom. The molecule has 0 aliphatic rings. The average molecular weight is 291 g/mol. The first-order valence-electron chi connectivity index (χ1n) is 5.80. The molecule has 6 heteroatoms. The monoisotopic (exact) mass is 291 g/mol. The van der Waals surface area contributed by atoms with Gasteiger partial charge < -0.3 is 0 Å². The van der Waals surface area contributed by atoms with E-state index in [2.05, 4.69) is 11.8 Å². The predicted molar refractivity (Wildman–Crippen MR) is 70.5 cm³/mol. The Morgan fingerprint density at radius 2 is 1.57 bits per heavy atom. The Hall–Kier alpha value is -2.81. The highest BCUT2D eigenvalue weighted by Gasteiger charge is 2.29. The SMILES string of the molecule is O=[N+]([O-])c1ccccc1C#Cc1ccc(C(F)(F)F)cc1. The van der Waals surface area contributed by atoms with E-state index >= 15 is 0 Å². The fourth-order valence-electron chi connectivity index (χ4n) is 1.62. The van der Waals surface area contributed by atoms with Gasteiger partial charge in [-0.25, -0.2) is 0 Å². The highest BCUT2D eigenvalue weighted by atomic mass is 19.4. The van der Waals surface area contributed by atoms with Crippen LogP contribution < -0.4 is 0 Å². The van der Waals surface area contributed by atoms with Gasteiger partial charge in [-0.15, -0.1) is 0 Å². The van der Waals surface area contributed by atoms with Crippen molar-refractivity contribution in [3.63, 3.8) is 0 Å². The van der Waals surface area contributed by atoms with Crippen LogP contribution >= 0.6 is 0 Å². The van der Waals surface area contributed by atoms with Gasteiger partial charge in [0, 0.05) is 11.6 Å². The van der Waals surface area contributed by atoms with Gasteiger partial charge in [-0.05, 0) is 30.3 Å². The molecule has 0 amide bonds. The molecule has 0 aliphatic heterocycles. The van der Waals surface area contributed by atoms with Crippen LogP contribution in [0, 0.1) is 22.0 Å². The van der Waals surface area contributed by atoms with E-state index in [0.29, 0.717) is 5.56 Å². The maximum absolute atomic E-state index is 12.4. The molecular weight excluding hydrogens is 283 g/mol. The average Bonchev–Trinajstić information content (AvgIpc) is 2.45. The Kier molecular flexibility index (Phi) is 3.94. The topological polar surface area (TPSA) is 43.1 Å². The molecule has 0 radical (unpaired) electrons. The van der Waals surface area contributed by atoms with Crippen molar-refractivity contribution < 1.29 is 18.1 Å². The third-order valence-corrected chi connectivity index (χ3v) is 2.65. The van der Waals surface area contributed by atoms with E-state index in [9.17, 15) is 23.3 Å². The minimum Gasteiger partial charge on any atom is -0.258 e. The van der Waals surface area contributed by atoms with Crippen LogP contribution in [0.25, 0.3) is 0 Å². The summed E-state index contributed by atoms with van der Waals surface area (Å²) in [5, 5.41) is 10.8.